The van der Waals surface area contributed by atoms with Crippen LogP contribution in [-0.2, 0) is 4.79 Å². The fraction of sp³-hybridized carbons (Fsp3) is 0.286. The van der Waals surface area contributed by atoms with E-state index >= 15 is 0 Å². The maximum Gasteiger partial charge on any atom is 0.339 e. The number of fused-ring (bicyclic) bond motifs is 1. The van der Waals surface area contributed by atoms with Crippen molar-refractivity contribution in [2.45, 2.75) is 19.4 Å². The first-order chi connectivity index (χ1) is 9.29. The number of carboxylic acids is 1. The molecule has 1 unspecified atom stereocenters. The minimum absolute atomic E-state index is 0.313. The van der Waals surface area contributed by atoms with Gasteiger partial charge in [0.15, 0.2) is 5.60 Å². The first kappa shape index (κ1) is 14.1. The van der Waals surface area contributed by atoms with Gasteiger partial charge in [0.2, 0.25) is 0 Å². The minimum atomic E-state index is -1.98. The SMILES string of the molecule is Cc1cc(=O)oc2cc(OCC(C)(O)C(=O)O)ccc12. The number of carboxylic acid groups (broad SMARTS) is 1. The first-order valence-electron chi connectivity index (χ1n) is 5.93. The number of rotatable bonds is 4. The van der Waals surface area contributed by atoms with Gasteiger partial charge in [-0.15, -0.1) is 0 Å². The van der Waals surface area contributed by atoms with Crippen LogP contribution >= 0.6 is 0 Å². The van der Waals surface area contributed by atoms with E-state index in [2.05, 4.69) is 0 Å². The number of aliphatic carboxylic acids is 1. The molecule has 0 saturated carbocycles. The molecule has 0 aliphatic carbocycles. The van der Waals surface area contributed by atoms with E-state index in [1.165, 1.54) is 12.1 Å². The fourth-order valence-corrected chi connectivity index (χ4v) is 1.68. The highest BCUT2D eigenvalue weighted by molar-refractivity contribution is 5.81. The van der Waals surface area contributed by atoms with Crippen LogP contribution in [0.4, 0.5) is 0 Å². The summed E-state index contributed by atoms with van der Waals surface area (Å²) in [6.07, 6.45) is 0. The standard InChI is InChI=1S/C14H14O6/c1-8-5-12(15)20-11-6-9(3-4-10(8)11)19-7-14(2,18)13(16)17/h3-6,18H,7H2,1-2H3,(H,16,17). The van der Waals surface area contributed by atoms with E-state index in [0.717, 1.165) is 17.9 Å². The fourth-order valence-electron chi connectivity index (χ4n) is 1.68. The van der Waals surface area contributed by atoms with Crippen LogP contribution in [0.1, 0.15) is 12.5 Å². The molecule has 6 nitrogen and oxygen atoms in total. The Morgan fingerprint density at radius 3 is 2.75 bits per heavy atom. The van der Waals surface area contributed by atoms with E-state index in [1.807, 2.05) is 0 Å². The summed E-state index contributed by atoms with van der Waals surface area (Å²) in [6, 6.07) is 6.20. The molecule has 0 saturated heterocycles. The van der Waals surface area contributed by atoms with Gasteiger partial charge in [0.05, 0.1) is 0 Å². The first-order valence-corrected chi connectivity index (χ1v) is 5.93. The number of hydrogen-bond donors (Lipinski definition) is 2. The van der Waals surface area contributed by atoms with Crippen molar-refractivity contribution in [2.75, 3.05) is 6.61 Å². The van der Waals surface area contributed by atoms with Gasteiger partial charge < -0.3 is 19.4 Å². The summed E-state index contributed by atoms with van der Waals surface area (Å²) in [5.41, 5.74) is -1.32. The molecule has 0 aliphatic heterocycles. The second-order valence-electron chi connectivity index (χ2n) is 4.77. The average molecular weight is 278 g/mol. The van der Waals surface area contributed by atoms with Crippen molar-refractivity contribution < 1.29 is 24.2 Å². The van der Waals surface area contributed by atoms with Crippen molar-refractivity contribution >= 4 is 16.9 Å². The quantitative estimate of drug-likeness (QED) is 0.818. The lowest BCUT2D eigenvalue weighted by molar-refractivity contribution is -0.159. The molecule has 2 N–H and O–H groups in total. The lowest BCUT2D eigenvalue weighted by atomic mass is 10.1. The van der Waals surface area contributed by atoms with Crippen molar-refractivity contribution in [3.8, 4) is 5.75 Å². The molecule has 1 heterocycles. The van der Waals surface area contributed by atoms with Crippen LogP contribution in [0.15, 0.2) is 33.5 Å². The van der Waals surface area contributed by atoms with Gasteiger partial charge in [-0.25, -0.2) is 9.59 Å². The van der Waals surface area contributed by atoms with Crippen molar-refractivity contribution in [3.63, 3.8) is 0 Å². The van der Waals surface area contributed by atoms with E-state index in [0.29, 0.717) is 11.3 Å². The monoisotopic (exact) mass is 278 g/mol. The molecule has 6 heteroatoms. The number of hydrogen-bond acceptors (Lipinski definition) is 5. The third kappa shape index (κ3) is 2.80. The Kier molecular flexibility index (Phi) is 3.50. The summed E-state index contributed by atoms with van der Waals surface area (Å²) in [5, 5.41) is 19.1. The Hall–Kier alpha value is -2.34. The Bertz CT molecular complexity index is 713. The predicted molar refractivity (Wildman–Crippen MR) is 71.0 cm³/mol. The van der Waals surface area contributed by atoms with Crippen molar-refractivity contribution in [3.05, 3.63) is 40.2 Å². The molecule has 0 aliphatic rings. The molecule has 20 heavy (non-hydrogen) atoms. The van der Waals surface area contributed by atoms with Crippen LogP contribution in [0.5, 0.6) is 5.75 Å². The van der Waals surface area contributed by atoms with Gasteiger partial charge in [0.1, 0.15) is 17.9 Å². The van der Waals surface area contributed by atoms with E-state index in [4.69, 9.17) is 14.3 Å². The largest absolute Gasteiger partial charge is 0.490 e. The number of benzene rings is 1. The summed E-state index contributed by atoms with van der Waals surface area (Å²) >= 11 is 0. The van der Waals surface area contributed by atoms with E-state index in [-0.39, 0.29) is 0 Å². The Morgan fingerprint density at radius 2 is 2.10 bits per heavy atom. The topological polar surface area (TPSA) is 97.0 Å². The van der Waals surface area contributed by atoms with Crippen LogP contribution in [0.3, 0.4) is 0 Å². The minimum Gasteiger partial charge on any atom is -0.490 e. The molecule has 2 aromatic rings. The molecule has 1 atom stereocenters. The molecule has 106 valence electrons. The molecule has 1 aromatic heterocycles. The summed E-state index contributed by atoms with van der Waals surface area (Å²) in [6.45, 7) is 2.51. The average Bonchev–Trinajstić information content (AvgIpc) is 2.35. The van der Waals surface area contributed by atoms with Crippen LogP contribution in [0.25, 0.3) is 11.0 Å². The van der Waals surface area contributed by atoms with Gasteiger partial charge >= 0.3 is 11.6 Å². The molecule has 0 bridgehead atoms. The second-order valence-corrected chi connectivity index (χ2v) is 4.77. The highest BCUT2D eigenvalue weighted by Gasteiger charge is 2.30. The summed E-state index contributed by atoms with van der Waals surface area (Å²) in [7, 11) is 0. The number of carbonyl (C=O) groups is 1. The van der Waals surface area contributed by atoms with Gasteiger partial charge in [0.25, 0.3) is 0 Å². The lowest BCUT2D eigenvalue weighted by Crippen LogP contribution is -2.41. The highest BCUT2D eigenvalue weighted by atomic mass is 16.5. The Morgan fingerprint density at radius 1 is 1.40 bits per heavy atom. The van der Waals surface area contributed by atoms with Gasteiger partial charge in [-0.2, -0.15) is 0 Å². The van der Waals surface area contributed by atoms with Crippen molar-refractivity contribution in [1.82, 2.24) is 0 Å². The smallest absolute Gasteiger partial charge is 0.339 e. The number of aryl methyl sites for hydroxylation is 1. The molecular weight excluding hydrogens is 264 g/mol. The zero-order chi connectivity index (χ0) is 14.9. The van der Waals surface area contributed by atoms with Gasteiger partial charge in [-0.05, 0) is 31.5 Å². The van der Waals surface area contributed by atoms with Gasteiger partial charge in [0, 0.05) is 17.5 Å². The maximum atomic E-state index is 11.3. The second kappa shape index (κ2) is 4.97. The summed E-state index contributed by atoms with van der Waals surface area (Å²) in [5.74, 6) is -1.06. The number of aliphatic hydroxyl groups is 1. The Balaban J connectivity index is 2.29. The van der Waals surface area contributed by atoms with Crippen LogP contribution < -0.4 is 10.4 Å². The molecule has 1 aromatic carbocycles. The van der Waals surface area contributed by atoms with Crippen molar-refractivity contribution in [2.24, 2.45) is 0 Å². The lowest BCUT2D eigenvalue weighted by Gasteiger charge is -2.18. The van der Waals surface area contributed by atoms with Crippen LogP contribution in [0.2, 0.25) is 0 Å². The normalized spacial score (nSPS) is 13.9. The predicted octanol–water partition coefficient (Wildman–Crippen LogP) is 1.32. The molecule has 0 fully saturated rings. The van der Waals surface area contributed by atoms with Crippen LogP contribution in [0, 0.1) is 6.92 Å². The molecule has 0 amide bonds. The highest BCUT2D eigenvalue weighted by Crippen LogP contribution is 2.22. The van der Waals surface area contributed by atoms with Gasteiger partial charge in [-0.3, -0.25) is 0 Å². The zero-order valence-corrected chi connectivity index (χ0v) is 11.0. The maximum absolute atomic E-state index is 11.3. The summed E-state index contributed by atoms with van der Waals surface area (Å²) in [4.78, 5) is 22.1. The molecule has 2 rings (SSSR count). The van der Waals surface area contributed by atoms with Crippen molar-refractivity contribution in [1.29, 1.82) is 0 Å². The third-order valence-corrected chi connectivity index (χ3v) is 2.90. The molecule has 0 radical (unpaired) electrons. The van der Waals surface area contributed by atoms with E-state index in [1.54, 1.807) is 19.1 Å². The van der Waals surface area contributed by atoms with Crippen LogP contribution in [-0.4, -0.2) is 28.4 Å². The van der Waals surface area contributed by atoms with E-state index in [9.17, 15) is 14.7 Å². The van der Waals surface area contributed by atoms with E-state index < -0.39 is 23.8 Å². The molecule has 0 spiro atoms. The Labute approximate surface area is 114 Å². The van der Waals surface area contributed by atoms with Gasteiger partial charge in [-0.1, -0.05) is 0 Å². The third-order valence-electron chi connectivity index (χ3n) is 2.90. The summed E-state index contributed by atoms with van der Waals surface area (Å²) < 4.78 is 10.3. The zero-order valence-electron chi connectivity index (χ0n) is 11.0. The number of ether oxygens (including phenoxy) is 1. The molecular formula is C14H14O6.